The Kier molecular flexibility index (Phi) is 9.77. The summed E-state index contributed by atoms with van der Waals surface area (Å²) in [4.78, 5) is 15.8. The van der Waals surface area contributed by atoms with Gasteiger partial charge in [-0.05, 0) is 67.4 Å². The van der Waals surface area contributed by atoms with Gasteiger partial charge in [-0.25, -0.2) is 4.39 Å². The molecule has 6 rings (SSSR count). The lowest BCUT2D eigenvalue weighted by molar-refractivity contribution is 0.00527. The summed E-state index contributed by atoms with van der Waals surface area (Å²) in [5.41, 5.74) is 3.45. The number of halogens is 2. The Balaban J connectivity index is 1.05. The summed E-state index contributed by atoms with van der Waals surface area (Å²) < 4.78 is 36.3. The van der Waals surface area contributed by atoms with Crippen LogP contribution in [0.2, 0.25) is 5.02 Å². The zero-order valence-corrected chi connectivity index (χ0v) is 26.4. The number of rotatable bonds is 11. The highest BCUT2D eigenvalue weighted by Crippen LogP contribution is 2.43. The van der Waals surface area contributed by atoms with Crippen LogP contribution in [-0.4, -0.2) is 63.4 Å². The number of hydrogen-bond donors (Lipinski definition) is 3. The highest BCUT2D eigenvalue weighted by Gasteiger charge is 2.31. The van der Waals surface area contributed by atoms with Crippen molar-refractivity contribution >= 4 is 40.3 Å². The van der Waals surface area contributed by atoms with Crippen molar-refractivity contribution in [3.63, 3.8) is 0 Å². The molecular weight excluding hydrogens is 611 g/mol. The average molecular weight is 647 g/mol. The molecule has 4 aromatic rings. The van der Waals surface area contributed by atoms with Crippen LogP contribution in [0.15, 0.2) is 78.9 Å². The molecule has 2 aliphatic rings. The number of likely N-dealkylation sites (tertiary alicyclic amines) is 1. The second kappa shape index (κ2) is 14.3. The minimum atomic E-state index is -0.287. The third-order valence-corrected chi connectivity index (χ3v) is 8.45. The summed E-state index contributed by atoms with van der Waals surface area (Å²) in [6.45, 7) is 2.81. The predicted octanol–water partition coefficient (Wildman–Crippen LogP) is 7.37. The second-order valence-corrected chi connectivity index (χ2v) is 11.6. The molecule has 240 valence electrons. The zero-order chi connectivity index (χ0) is 32.0. The van der Waals surface area contributed by atoms with Crippen LogP contribution < -0.4 is 30.2 Å². The lowest BCUT2D eigenvalue weighted by Crippen LogP contribution is -2.55. The van der Waals surface area contributed by atoms with Gasteiger partial charge in [0, 0.05) is 44.6 Å². The molecule has 2 atom stereocenters. The second-order valence-electron chi connectivity index (χ2n) is 11.2. The number of fused-ring (bicyclic) bond motifs is 2. The molecule has 2 aliphatic heterocycles. The first kappa shape index (κ1) is 31.5. The molecule has 0 saturated carbocycles. The third-order valence-electron chi connectivity index (χ3n) is 8.13. The Hall–Kier alpha value is -4.51. The van der Waals surface area contributed by atoms with E-state index in [9.17, 15) is 9.18 Å². The van der Waals surface area contributed by atoms with Crippen LogP contribution in [0.25, 0.3) is 0 Å². The molecular formula is C35H36ClFN4O5. The first-order chi connectivity index (χ1) is 22.4. The predicted molar refractivity (Wildman–Crippen MR) is 177 cm³/mol. The van der Waals surface area contributed by atoms with Gasteiger partial charge >= 0.3 is 0 Å². The Bertz CT molecular complexity index is 1690. The van der Waals surface area contributed by atoms with Gasteiger partial charge in [-0.3, -0.25) is 4.79 Å². The standard InChI is InChI=1S/C35H36ClFN4O5/c1-43-32-20-30(38-23-10-13-28-33(18-23)46-31-7-4-3-6-27(31)39-28)26(36)19-25(32)35(42)40-29-14-16-41(21-34(29)44-2)15-5-17-45-24-11-8-22(37)9-12-24/h3-4,6-13,18-20,29,34,38-39H,5,14-17,21H2,1-2H3,(H,40,42). The monoisotopic (exact) mass is 646 g/mol. The third kappa shape index (κ3) is 7.31. The van der Waals surface area contributed by atoms with E-state index in [0.717, 1.165) is 48.7 Å². The number of piperidine rings is 1. The summed E-state index contributed by atoms with van der Waals surface area (Å²) in [5, 5.41) is 10.2. The van der Waals surface area contributed by atoms with Crippen molar-refractivity contribution in [1.82, 2.24) is 10.2 Å². The van der Waals surface area contributed by atoms with Crippen molar-refractivity contribution in [2.45, 2.75) is 25.0 Å². The van der Waals surface area contributed by atoms with E-state index in [1.54, 1.807) is 31.4 Å². The van der Waals surface area contributed by atoms with Crippen LogP contribution in [0, 0.1) is 5.82 Å². The maximum atomic E-state index is 13.5. The molecule has 1 amide bonds. The van der Waals surface area contributed by atoms with Crippen molar-refractivity contribution in [3.8, 4) is 23.0 Å². The van der Waals surface area contributed by atoms with Crippen LogP contribution in [0.3, 0.4) is 0 Å². The quantitative estimate of drug-likeness (QED) is 0.128. The van der Waals surface area contributed by atoms with E-state index >= 15 is 0 Å². The SMILES string of the molecule is COc1cc(Nc2ccc3c(c2)Oc2ccccc2N3)c(Cl)cc1C(=O)NC1CCN(CCCOc2ccc(F)cc2)CC1OC. The summed E-state index contributed by atoms with van der Waals surface area (Å²) in [7, 11) is 3.18. The molecule has 46 heavy (non-hydrogen) atoms. The van der Waals surface area contributed by atoms with Gasteiger partial charge in [0.1, 0.15) is 17.3 Å². The van der Waals surface area contributed by atoms with Crippen LogP contribution in [-0.2, 0) is 4.74 Å². The number of nitrogens with zero attached hydrogens (tertiary/aromatic N) is 1. The van der Waals surface area contributed by atoms with Crippen LogP contribution in [0.4, 0.5) is 27.1 Å². The summed E-state index contributed by atoms with van der Waals surface area (Å²) in [5.74, 6) is 1.89. The van der Waals surface area contributed by atoms with E-state index in [1.165, 1.54) is 19.2 Å². The Morgan fingerprint density at radius 1 is 1.04 bits per heavy atom. The van der Waals surface area contributed by atoms with Crippen molar-refractivity contribution in [1.29, 1.82) is 0 Å². The van der Waals surface area contributed by atoms with Crippen molar-refractivity contribution in [3.05, 3.63) is 95.3 Å². The number of anilines is 4. The number of amides is 1. The highest BCUT2D eigenvalue weighted by molar-refractivity contribution is 6.34. The van der Waals surface area contributed by atoms with E-state index in [4.69, 9.17) is 30.5 Å². The first-order valence-corrected chi connectivity index (χ1v) is 15.5. The van der Waals surface area contributed by atoms with Crippen LogP contribution in [0.1, 0.15) is 23.2 Å². The molecule has 2 heterocycles. The molecule has 1 saturated heterocycles. The Morgan fingerprint density at radius 3 is 2.65 bits per heavy atom. The maximum Gasteiger partial charge on any atom is 0.255 e. The van der Waals surface area contributed by atoms with Crippen LogP contribution >= 0.6 is 11.6 Å². The molecule has 4 aromatic carbocycles. The number of hydrogen-bond acceptors (Lipinski definition) is 8. The smallest absolute Gasteiger partial charge is 0.255 e. The Morgan fingerprint density at radius 2 is 1.85 bits per heavy atom. The number of ether oxygens (including phenoxy) is 4. The molecule has 0 spiro atoms. The number of nitrogens with one attached hydrogen (secondary N) is 3. The van der Waals surface area contributed by atoms with Gasteiger partial charge in [0.2, 0.25) is 0 Å². The number of carbonyl (C=O) groups is 1. The molecule has 0 bridgehead atoms. The van der Waals surface area contributed by atoms with E-state index in [-0.39, 0.29) is 23.9 Å². The minimum Gasteiger partial charge on any atom is -0.496 e. The van der Waals surface area contributed by atoms with Gasteiger partial charge in [0.25, 0.3) is 5.91 Å². The molecule has 9 nitrogen and oxygen atoms in total. The van der Waals surface area contributed by atoms with Gasteiger partial charge < -0.3 is 39.8 Å². The normalized spacial score (nSPS) is 17.1. The fraction of sp³-hybridized carbons (Fsp3) is 0.286. The van der Waals surface area contributed by atoms with Crippen molar-refractivity contribution in [2.75, 3.05) is 51.1 Å². The Labute approximate surface area is 272 Å². The minimum absolute atomic E-state index is 0.181. The van der Waals surface area contributed by atoms with Gasteiger partial charge in [-0.15, -0.1) is 0 Å². The van der Waals surface area contributed by atoms with E-state index in [2.05, 4.69) is 20.9 Å². The van der Waals surface area contributed by atoms with Crippen LogP contribution in [0.5, 0.6) is 23.0 Å². The number of methoxy groups -OCH3 is 2. The van der Waals surface area contributed by atoms with E-state index in [0.29, 0.717) is 46.7 Å². The number of carbonyl (C=O) groups excluding carboxylic acids is 1. The fourth-order valence-electron chi connectivity index (χ4n) is 5.70. The summed E-state index contributed by atoms with van der Waals surface area (Å²) >= 11 is 6.69. The number of benzene rings is 4. The molecule has 0 aliphatic carbocycles. The lowest BCUT2D eigenvalue weighted by atomic mass is 10.0. The molecule has 1 fully saturated rings. The highest BCUT2D eigenvalue weighted by atomic mass is 35.5. The maximum absolute atomic E-state index is 13.5. The fourth-order valence-corrected chi connectivity index (χ4v) is 5.91. The average Bonchev–Trinajstić information content (AvgIpc) is 3.07. The first-order valence-electron chi connectivity index (χ1n) is 15.2. The van der Waals surface area contributed by atoms with Gasteiger partial charge in [0.05, 0.1) is 53.5 Å². The van der Waals surface area contributed by atoms with Crippen molar-refractivity contribution in [2.24, 2.45) is 0 Å². The molecule has 0 aromatic heterocycles. The number of para-hydroxylation sites is 2. The topological polar surface area (TPSA) is 93.3 Å². The summed E-state index contributed by atoms with van der Waals surface area (Å²) in [6.07, 6.45) is 1.34. The van der Waals surface area contributed by atoms with Gasteiger partial charge in [-0.1, -0.05) is 23.7 Å². The molecule has 2 unspecified atom stereocenters. The van der Waals surface area contributed by atoms with E-state index in [1.807, 2.05) is 42.5 Å². The lowest BCUT2D eigenvalue weighted by Gasteiger charge is -2.38. The van der Waals surface area contributed by atoms with Crippen molar-refractivity contribution < 1.29 is 28.1 Å². The molecule has 3 N–H and O–H groups in total. The molecule has 11 heteroatoms. The van der Waals surface area contributed by atoms with E-state index < -0.39 is 0 Å². The summed E-state index contributed by atoms with van der Waals surface area (Å²) in [6, 6.07) is 22.6. The largest absolute Gasteiger partial charge is 0.496 e. The van der Waals surface area contributed by atoms with Gasteiger partial charge in [-0.2, -0.15) is 0 Å². The molecule has 0 radical (unpaired) electrons. The zero-order valence-electron chi connectivity index (χ0n) is 25.6. The van der Waals surface area contributed by atoms with Gasteiger partial charge in [0.15, 0.2) is 11.5 Å².